The van der Waals surface area contributed by atoms with Gasteiger partial charge in [-0.05, 0) is 43.1 Å². The first-order valence-electron chi connectivity index (χ1n) is 10.1. The number of fused-ring (bicyclic) bond motifs is 2. The summed E-state index contributed by atoms with van der Waals surface area (Å²) in [6, 6.07) is 10.6. The lowest BCUT2D eigenvalue weighted by Crippen LogP contribution is -2.36. The SMILES string of the molecule is O=C1Nc2ccc(F)cc2/C1=C1\OCc2cc(CCCN3CCOCC3)ccc21. The number of anilines is 1. The van der Waals surface area contributed by atoms with Crippen molar-refractivity contribution in [2.75, 3.05) is 38.2 Å². The molecule has 5 rings (SSSR count). The fraction of sp³-hybridized carbons (Fsp3) is 0.348. The number of hydrogen-bond donors (Lipinski definition) is 1. The Hall–Kier alpha value is -2.70. The number of morpholine rings is 1. The van der Waals surface area contributed by atoms with Crippen LogP contribution in [0.25, 0.3) is 11.3 Å². The van der Waals surface area contributed by atoms with Crippen LogP contribution in [-0.4, -0.2) is 43.7 Å². The highest BCUT2D eigenvalue weighted by atomic mass is 19.1. The minimum atomic E-state index is -0.368. The van der Waals surface area contributed by atoms with E-state index in [1.54, 1.807) is 6.07 Å². The number of carbonyl (C=O) groups is 1. The molecule has 150 valence electrons. The zero-order chi connectivity index (χ0) is 19.8. The summed E-state index contributed by atoms with van der Waals surface area (Å²) in [7, 11) is 0. The summed E-state index contributed by atoms with van der Waals surface area (Å²) >= 11 is 0. The van der Waals surface area contributed by atoms with Crippen LogP contribution in [0, 0.1) is 5.82 Å². The maximum absolute atomic E-state index is 13.7. The van der Waals surface area contributed by atoms with Crippen LogP contribution in [0.2, 0.25) is 0 Å². The van der Waals surface area contributed by atoms with Crippen LogP contribution in [0.3, 0.4) is 0 Å². The molecular weight excluding hydrogens is 371 g/mol. The van der Waals surface area contributed by atoms with E-state index in [2.05, 4.69) is 22.3 Å². The predicted molar refractivity (Wildman–Crippen MR) is 109 cm³/mol. The maximum Gasteiger partial charge on any atom is 0.260 e. The maximum atomic E-state index is 13.7. The second-order valence-corrected chi connectivity index (χ2v) is 7.69. The molecule has 3 aliphatic heterocycles. The van der Waals surface area contributed by atoms with Gasteiger partial charge < -0.3 is 14.8 Å². The third-order valence-corrected chi connectivity index (χ3v) is 5.78. The number of nitrogens with zero attached hydrogens (tertiary/aromatic N) is 1. The summed E-state index contributed by atoms with van der Waals surface area (Å²) in [6.45, 7) is 5.19. The number of benzene rings is 2. The number of halogens is 1. The van der Waals surface area contributed by atoms with Crippen LogP contribution < -0.4 is 5.32 Å². The Morgan fingerprint density at radius 3 is 2.79 bits per heavy atom. The van der Waals surface area contributed by atoms with Crippen LogP contribution in [0.1, 0.15) is 28.7 Å². The van der Waals surface area contributed by atoms with Gasteiger partial charge in [0.25, 0.3) is 5.91 Å². The molecule has 1 fully saturated rings. The van der Waals surface area contributed by atoms with Gasteiger partial charge in [-0.1, -0.05) is 18.2 Å². The molecule has 3 heterocycles. The third kappa shape index (κ3) is 3.54. The Labute approximate surface area is 169 Å². The minimum Gasteiger partial charge on any atom is -0.487 e. The van der Waals surface area contributed by atoms with E-state index in [-0.39, 0.29) is 11.7 Å². The largest absolute Gasteiger partial charge is 0.487 e. The molecule has 0 saturated carbocycles. The van der Waals surface area contributed by atoms with Crippen LogP contribution in [-0.2, 0) is 27.3 Å². The van der Waals surface area contributed by atoms with Gasteiger partial charge in [0.1, 0.15) is 18.2 Å². The summed E-state index contributed by atoms with van der Waals surface area (Å²) in [5.74, 6) is -0.0723. The van der Waals surface area contributed by atoms with Crippen molar-refractivity contribution in [3.63, 3.8) is 0 Å². The molecule has 0 radical (unpaired) electrons. The Kier molecular flexibility index (Phi) is 4.81. The highest BCUT2D eigenvalue weighted by molar-refractivity contribution is 6.36. The minimum absolute atomic E-state index is 0.247. The second kappa shape index (κ2) is 7.61. The quantitative estimate of drug-likeness (QED) is 0.808. The predicted octanol–water partition coefficient (Wildman–Crippen LogP) is 3.44. The van der Waals surface area contributed by atoms with Crippen LogP contribution in [0.4, 0.5) is 10.1 Å². The zero-order valence-corrected chi connectivity index (χ0v) is 16.2. The van der Waals surface area contributed by atoms with Crippen molar-refractivity contribution in [1.29, 1.82) is 0 Å². The van der Waals surface area contributed by atoms with Crippen molar-refractivity contribution in [2.45, 2.75) is 19.4 Å². The average Bonchev–Trinajstić information content (AvgIpc) is 3.28. The van der Waals surface area contributed by atoms with Crippen LogP contribution in [0.15, 0.2) is 36.4 Å². The molecule has 5 nitrogen and oxygen atoms in total. The number of nitrogens with one attached hydrogen (secondary N) is 1. The molecule has 29 heavy (non-hydrogen) atoms. The summed E-state index contributed by atoms with van der Waals surface area (Å²) < 4.78 is 25.0. The number of amides is 1. The Balaban J connectivity index is 1.35. The van der Waals surface area contributed by atoms with Gasteiger partial charge in [0.05, 0.1) is 18.8 Å². The molecule has 1 N–H and O–H groups in total. The number of hydrogen-bond acceptors (Lipinski definition) is 4. The summed E-state index contributed by atoms with van der Waals surface area (Å²) in [4.78, 5) is 15.0. The average molecular weight is 394 g/mol. The Bertz CT molecular complexity index is 996. The molecule has 1 saturated heterocycles. The molecule has 2 aromatic carbocycles. The van der Waals surface area contributed by atoms with Gasteiger partial charge in [0, 0.05) is 35.5 Å². The number of aryl methyl sites for hydroxylation is 1. The van der Waals surface area contributed by atoms with E-state index >= 15 is 0 Å². The van der Waals surface area contributed by atoms with Gasteiger partial charge in [-0.15, -0.1) is 0 Å². The number of ether oxygens (including phenoxy) is 2. The number of rotatable bonds is 4. The van der Waals surface area contributed by atoms with Crippen molar-refractivity contribution >= 4 is 22.9 Å². The lowest BCUT2D eigenvalue weighted by atomic mass is 9.98. The van der Waals surface area contributed by atoms with E-state index in [0.29, 0.717) is 29.2 Å². The summed E-state index contributed by atoms with van der Waals surface area (Å²) in [5, 5.41) is 2.80. The van der Waals surface area contributed by atoms with Crippen LogP contribution in [0.5, 0.6) is 0 Å². The monoisotopic (exact) mass is 394 g/mol. The molecular formula is C23H23FN2O3. The lowest BCUT2D eigenvalue weighted by Gasteiger charge is -2.26. The topological polar surface area (TPSA) is 50.8 Å². The molecule has 3 aliphatic rings. The first-order chi connectivity index (χ1) is 14.2. The van der Waals surface area contributed by atoms with Gasteiger partial charge in [0.2, 0.25) is 0 Å². The Morgan fingerprint density at radius 1 is 1.07 bits per heavy atom. The molecule has 0 spiro atoms. The second-order valence-electron chi connectivity index (χ2n) is 7.69. The van der Waals surface area contributed by atoms with Gasteiger partial charge in [-0.2, -0.15) is 0 Å². The highest BCUT2D eigenvalue weighted by Crippen LogP contribution is 2.41. The molecule has 0 atom stereocenters. The summed E-state index contributed by atoms with van der Waals surface area (Å²) in [6.07, 6.45) is 2.10. The van der Waals surface area contributed by atoms with Gasteiger partial charge >= 0.3 is 0 Å². The van der Waals surface area contributed by atoms with Gasteiger partial charge in [0.15, 0.2) is 0 Å². The van der Waals surface area contributed by atoms with Crippen molar-refractivity contribution in [3.05, 3.63) is 64.5 Å². The fourth-order valence-electron chi connectivity index (χ4n) is 4.27. The normalized spacial score (nSPS) is 20.9. The van der Waals surface area contributed by atoms with E-state index in [1.165, 1.54) is 17.7 Å². The molecule has 0 aromatic heterocycles. The van der Waals surface area contributed by atoms with E-state index in [1.807, 2.05) is 6.07 Å². The molecule has 0 aliphatic carbocycles. The first kappa shape index (κ1) is 18.3. The highest BCUT2D eigenvalue weighted by Gasteiger charge is 2.32. The smallest absolute Gasteiger partial charge is 0.260 e. The van der Waals surface area contributed by atoms with E-state index in [9.17, 15) is 9.18 Å². The van der Waals surface area contributed by atoms with E-state index < -0.39 is 0 Å². The third-order valence-electron chi connectivity index (χ3n) is 5.78. The standard InChI is InChI=1S/C23H23FN2O3/c24-17-4-6-20-19(13-17)21(23(27)25-20)22-18-5-3-15(12-16(18)14-29-22)2-1-7-26-8-10-28-11-9-26/h3-6,12-13H,1-2,7-11,14H2,(H,25,27)/b22-21+. The van der Waals surface area contributed by atoms with Gasteiger partial charge in [-0.25, -0.2) is 4.39 Å². The van der Waals surface area contributed by atoms with Crippen molar-refractivity contribution in [2.24, 2.45) is 0 Å². The van der Waals surface area contributed by atoms with E-state index in [0.717, 1.165) is 56.8 Å². The molecule has 2 aromatic rings. The van der Waals surface area contributed by atoms with Crippen molar-refractivity contribution in [1.82, 2.24) is 4.90 Å². The lowest BCUT2D eigenvalue weighted by molar-refractivity contribution is -0.110. The zero-order valence-electron chi connectivity index (χ0n) is 16.2. The molecule has 0 bridgehead atoms. The molecule has 6 heteroatoms. The number of carbonyl (C=O) groups excluding carboxylic acids is 1. The Morgan fingerprint density at radius 2 is 1.93 bits per heavy atom. The van der Waals surface area contributed by atoms with Crippen molar-refractivity contribution in [3.8, 4) is 0 Å². The molecule has 1 amide bonds. The van der Waals surface area contributed by atoms with Crippen LogP contribution >= 0.6 is 0 Å². The first-order valence-corrected chi connectivity index (χ1v) is 10.1. The molecule has 0 unspecified atom stereocenters. The summed E-state index contributed by atoms with van der Waals surface area (Å²) in [5.41, 5.74) is 4.87. The van der Waals surface area contributed by atoms with Crippen molar-refractivity contribution < 1.29 is 18.7 Å². The fourth-order valence-corrected chi connectivity index (χ4v) is 4.27. The van der Waals surface area contributed by atoms with Gasteiger partial charge in [-0.3, -0.25) is 9.69 Å². The van der Waals surface area contributed by atoms with E-state index in [4.69, 9.17) is 9.47 Å².